The summed E-state index contributed by atoms with van der Waals surface area (Å²) < 4.78 is 9.85. The zero-order chi connectivity index (χ0) is 22.3. The highest BCUT2D eigenvalue weighted by Gasteiger charge is 2.24. The molecule has 8 nitrogen and oxygen atoms in total. The molecule has 1 aromatic heterocycles. The van der Waals surface area contributed by atoms with Gasteiger partial charge in [0.05, 0.1) is 29.1 Å². The van der Waals surface area contributed by atoms with Crippen molar-refractivity contribution in [3.8, 4) is 0 Å². The lowest BCUT2D eigenvalue weighted by molar-refractivity contribution is -0.145. The largest absolute Gasteiger partial charge is 0.462 e. The third-order valence-electron chi connectivity index (χ3n) is 4.24. The maximum Gasteiger partial charge on any atom is 0.338 e. The van der Waals surface area contributed by atoms with E-state index in [2.05, 4.69) is 4.98 Å². The van der Waals surface area contributed by atoms with Gasteiger partial charge in [0.2, 0.25) is 0 Å². The normalized spacial score (nSPS) is 11.5. The lowest BCUT2D eigenvalue weighted by Crippen LogP contribution is -2.42. The Morgan fingerprint density at radius 1 is 1.20 bits per heavy atom. The molecule has 1 aromatic carbocycles. The molecule has 9 heteroatoms. The van der Waals surface area contributed by atoms with Crippen LogP contribution in [0.2, 0.25) is 5.02 Å². The lowest BCUT2D eigenvalue weighted by Gasteiger charge is -2.29. The molecule has 0 spiro atoms. The zero-order valence-electron chi connectivity index (χ0n) is 17.1. The van der Waals surface area contributed by atoms with Gasteiger partial charge in [-0.05, 0) is 44.0 Å². The number of benzene rings is 1. The van der Waals surface area contributed by atoms with Crippen molar-refractivity contribution in [1.29, 1.82) is 0 Å². The quantitative estimate of drug-likeness (QED) is 0.636. The summed E-state index contributed by atoms with van der Waals surface area (Å²) in [5.74, 6) is -1.23. The molecule has 2 aromatic rings. The summed E-state index contributed by atoms with van der Waals surface area (Å²) in [7, 11) is 0. The minimum absolute atomic E-state index is 0.148. The van der Waals surface area contributed by atoms with E-state index < -0.39 is 24.5 Å². The molecular weight excluding hydrogens is 410 g/mol. The predicted octanol–water partition coefficient (Wildman–Crippen LogP) is 3.02. The maximum atomic E-state index is 12.8. The first-order chi connectivity index (χ1) is 14.2. The van der Waals surface area contributed by atoms with Gasteiger partial charge in [0, 0.05) is 13.0 Å². The van der Waals surface area contributed by atoms with Crippen molar-refractivity contribution in [2.45, 2.75) is 33.2 Å². The van der Waals surface area contributed by atoms with Gasteiger partial charge in [-0.2, -0.15) is 0 Å². The number of hydrogen-bond donors (Lipinski definition) is 1. The van der Waals surface area contributed by atoms with Crippen LogP contribution >= 0.6 is 11.6 Å². The van der Waals surface area contributed by atoms with Crippen molar-refractivity contribution in [2.75, 3.05) is 23.8 Å². The second-order valence-corrected chi connectivity index (χ2v) is 6.98. The number of esters is 2. The van der Waals surface area contributed by atoms with Gasteiger partial charge < -0.3 is 20.1 Å². The number of hydrogen-bond acceptors (Lipinski definition) is 7. The minimum Gasteiger partial charge on any atom is -0.462 e. The number of pyridine rings is 1. The second kappa shape index (κ2) is 10.6. The highest BCUT2D eigenvalue weighted by molar-refractivity contribution is 6.33. The zero-order valence-corrected chi connectivity index (χ0v) is 17.8. The molecule has 1 atom stereocenters. The smallest absolute Gasteiger partial charge is 0.338 e. The van der Waals surface area contributed by atoms with Crippen LogP contribution in [0.25, 0.3) is 0 Å². The van der Waals surface area contributed by atoms with Gasteiger partial charge >= 0.3 is 11.9 Å². The van der Waals surface area contributed by atoms with Crippen LogP contribution in [-0.4, -0.2) is 42.1 Å². The van der Waals surface area contributed by atoms with Crippen molar-refractivity contribution < 1.29 is 23.9 Å². The van der Waals surface area contributed by atoms with E-state index in [0.717, 1.165) is 5.56 Å². The number of carbonyl (C=O) groups is 3. The number of nitrogens with two attached hydrogens (primary N) is 1. The van der Waals surface area contributed by atoms with Gasteiger partial charge in [-0.25, -0.2) is 9.78 Å². The van der Waals surface area contributed by atoms with E-state index in [9.17, 15) is 14.4 Å². The van der Waals surface area contributed by atoms with Crippen LogP contribution in [-0.2, 0) is 25.5 Å². The molecule has 2 N–H and O–H groups in total. The third kappa shape index (κ3) is 6.18. The Bertz CT molecular complexity index is 917. The Labute approximate surface area is 179 Å². The van der Waals surface area contributed by atoms with E-state index in [1.165, 1.54) is 24.1 Å². The number of nitrogens with zero attached hydrogens (tertiary/aromatic N) is 2. The predicted molar refractivity (Wildman–Crippen MR) is 113 cm³/mol. The van der Waals surface area contributed by atoms with E-state index in [1.807, 2.05) is 6.92 Å². The van der Waals surface area contributed by atoms with Gasteiger partial charge in [-0.1, -0.05) is 23.7 Å². The van der Waals surface area contributed by atoms with Crippen LogP contribution in [0.5, 0.6) is 0 Å². The van der Waals surface area contributed by atoms with Gasteiger partial charge in [0.15, 0.2) is 6.61 Å². The van der Waals surface area contributed by atoms with E-state index in [-0.39, 0.29) is 16.9 Å². The Hall–Kier alpha value is -3.13. The first kappa shape index (κ1) is 23.2. The van der Waals surface area contributed by atoms with Crippen LogP contribution in [0.1, 0.15) is 36.7 Å². The maximum absolute atomic E-state index is 12.8. The number of nitrogen functional groups attached to an aromatic ring is 1. The first-order valence-corrected chi connectivity index (χ1v) is 9.73. The summed E-state index contributed by atoms with van der Waals surface area (Å²) in [6.07, 6.45) is 1.91. The van der Waals surface area contributed by atoms with Crippen molar-refractivity contribution in [3.63, 3.8) is 0 Å². The summed E-state index contributed by atoms with van der Waals surface area (Å²) in [5.41, 5.74) is 7.45. The van der Waals surface area contributed by atoms with Crippen LogP contribution < -0.4 is 10.6 Å². The van der Waals surface area contributed by atoms with Crippen LogP contribution in [0.4, 0.5) is 11.5 Å². The van der Waals surface area contributed by atoms with Gasteiger partial charge in [-0.3, -0.25) is 9.59 Å². The molecule has 0 aliphatic carbocycles. The molecule has 0 aliphatic rings. The molecular formula is C21H24ClN3O5. The summed E-state index contributed by atoms with van der Waals surface area (Å²) >= 11 is 6.07. The molecule has 2 rings (SSSR count). The summed E-state index contributed by atoms with van der Waals surface area (Å²) in [6.45, 7) is 4.70. The fraction of sp³-hybridized carbons (Fsp3) is 0.333. The summed E-state index contributed by atoms with van der Waals surface area (Å²) in [6, 6.07) is 8.15. The molecule has 0 bridgehead atoms. The Morgan fingerprint density at radius 2 is 1.87 bits per heavy atom. The molecule has 30 heavy (non-hydrogen) atoms. The molecule has 0 radical (unpaired) electrons. The van der Waals surface area contributed by atoms with Gasteiger partial charge in [-0.15, -0.1) is 0 Å². The molecule has 160 valence electrons. The average Bonchev–Trinajstić information content (AvgIpc) is 2.70. The number of carbonyl (C=O) groups excluding carboxylic acids is 3. The van der Waals surface area contributed by atoms with E-state index in [0.29, 0.717) is 24.3 Å². The van der Waals surface area contributed by atoms with Crippen molar-refractivity contribution >= 4 is 41.0 Å². The topological polar surface area (TPSA) is 112 Å². The Balaban J connectivity index is 2.24. The van der Waals surface area contributed by atoms with Crippen LogP contribution in [0.15, 0.2) is 36.5 Å². The second-order valence-electron chi connectivity index (χ2n) is 6.58. The number of amides is 1. The molecule has 0 aliphatic heterocycles. The first-order valence-electron chi connectivity index (χ1n) is 9.35. The highest BCUT2D eigenvalue weighted by atomic mass is 35.5. The average molecular weight is 434 g/mol. The lowest BCUT2D eigenvalue weighted by atomic mass is 10.0. The summed E-state index contributed by atoms with van der Waals surface area (Å²) in [4.78, 5) is 41.2. The van der Waals surface area contributed by atoms with Crippen LogP contribution in [0, 0.1) is 0 Å². The number of rotatable bonds is 8. The Morgan fingerprint density at radius 3 is 2.43 bits per heavy atom. The Kier molecular flexibility index (Phi) is 8.17. The van der Waals surface area contributed by atoms with Gasteiger partial charge in [0.25, 0.3) is 5.91 Å². The fourth-order valence-corrected chi connectivity index (χ4v) is 3.03. The van der Waals surface area contributed by atoms with Crippen LogP contribution in [0.3, 0.4) is 0 Å². The molecule has 0 saturated heterocycles. The molecule has 1 unspecified atom stereocenters. The van der Waals surface area contributed by atoms with Crippen molar-refractivity contribution in [3.05, 3.63) is 52.7 Å². The van der Waals surface area contributed by atoms with E-state index >= 15 is 0 Å². The SMILES string of the molecule is CCOC(=O)c1ccc(CC(C)N(C(=O)COC(C)=O)c2cnc(N)c(Cl)c2)cc1. The van der Waals surface area contributed by atoms with E-state index in [1.54, 1.807) is 31.2 Å². The highest BCUT2D eigenvalue weighted by Crippen LogP contribution is 2.26. The number of halogens is 1. The van der Waals surface area contributed by atoms with Gasteiger partial charge in [0.1, 0.15) is 5.82 Å². The monoisotopic (exact) mass is 433 g/mol. The number of aromatic nitrogens is 1. The molecule has 0 saturated carbocycles. The standard InChI is InChI=1S/C21H24ClN3O5/c1-4-29-21(28)16-7-5-15(6-8-16)9-13(2)25(19(27)12-30-14(3)26)17-10-18(22)20(23)24-11-17/h5-8,10-11,13H,4,9,12H2,1-3H3,(H2,23,24). The van der Waals surface area contributed by atoms with Crippen molar-refractivity contribution in [2.24, 2.45) is 0 Å². The van der Waals surface area contributed by atoms with Crippen molar-refractivity contribution in [1.82, 2.24) is 4.98 Å². The third-order valence-corrected chi connectivity index (χ3v) is 4.54. The molecule has 0 fully saturated rings. The minimum atomic E-state index is -0.557. The number of anilines is 2. The molecule has 1 heterocycles. The number of ether oxygens (including phenoxy) is 2. The molecule has 1 amide bonds. The fourth-order valence-electron chi connectivity index (χ4n) is 2.87. The van der Waals surface area contributed by atoms with E-state index in [4.69, 9.17) is 26.8 Å². The summed E-state index contributed by atoms with van der Waals surface area (Å²) in [5, 5.41) is 0.212.